The number of nitrogens with one attached hydrogen (secondary N) is 1. The molecular formula is C23H22ClN3O3S. The molecule has 0 spiro atoms. The number of halogens is 1. The Labute approximate surface area is 189 Å². The second kappa shape index (κ2) is 8.32. The van der Waals surface area contributed by atoms with Crippen molar-refractivity contribution in [3.8, 4) is 17.0 Å². The summed E-state index contributed by atoms with van der Waals surface area (Å²) in [5.74, 6) is -0.0111. The summed E-state index contributed by atoms with van der Waals surface area (Å²) < 4.78 is 5.81. The van der Waals surface area contributed by atoms with Crippen LogP contribution in [0.4, 0.5) is 11.4 Å². The number of aryl methyl sites for hydroxylation is 2. The molecule has 8 heteroatoms. The standard InChI is InChI=1S/C23H22ClN3O3S/c1-12(22(28)26-18-8-6-17(24)7-9-18)27-19-11-16(21-14(3)31-15(4)25-21)5-10-20(19)30-13(2)23(27)29/h5-13H,1-4H3,(H,26,28). The van der Waals surface area contributed by atoms with Gasteiger partial charge >= 0.3 is 0 Å². The third-order valence-corrected chi connectivity index (χ3v) is 6.30. The van der Waals surface area contributed by atoms with Crippen LogP contribution in [0.15, 0.2) is 42.5 Å². The number of ether oxygens (including phenoxy) is 1. The lowest BCUT2D eigenvalue weighted by Crippen LogP contribution is -2.52. The molecule has 0 bridgehead atoms. The van der Waals surface area contributed by atoms with Gasteiger partial charge in [-0.3, -0.25) is 14.5 Å². The summed E-state index contributed by atoms with van der Waals surface area (Å²) in [7, 11) is 0. The number of fused-ring (bicyclic) bond motifs is 1. The van der Waals surface area contributed by atoms with Gasteiger partial charge in [-0.15, -0.1) is 11.3 Å². The number of hydrogen-bond donors (Lipinski definition) is 1. The zero-order valence-corrected chi connectivity index (χ0v) is 19.2. The highest BCUT2D eigenvalue weighted by Gasteiger charge is 2.37. The van der Waals surface area contributed by atoms with Gasteiger partial charge in [0, 0.05) is 21.2 Å². The number of thiazole rings is 1. The lowest BCUT2D eigenvalue weighted by molar-refractivity contribution is -0.128. The van der Waals surface area contributed by atoms with Crippen LogP contribution in [0.3, 0.4) is 0 Å². The maximum absolute atomic E-state index is 13.0. The van der Waals surface area contributed by atoms with E-state index in [4.69, 9.17) is 16.3 Å². The summed E-state index contributed by atoms with van der Waals surface area (Å²) in [4.78, 5) is 33.2. The van der Waals surface area contributed by atoms with Crippen LogP contribution in [-0.2, 0) is 9.59 Å². The number of amides is 2. The third-order valence-electron chi connectivity index (χ3n) is 5.16. The van der Waals surface area contributed by atoms with Gasteiger partial charge in [0.2, 0.25) is 5.91 Å². The molecule has 6 nitrogen and oxygen atoms in total. The van der Waals surface area contributed by atoms with E-state index < -0.39 is 12.1 Å². The maximum atomic E-state index is 13.0. The minimum absolute atomic E-state index is 0.269. The first kappa shape index (κ1) is 21.3. The first-order valence-electron chi connectivity index (χ1n) is 9.89. The van der Waals surface area contributed by atoms with E-state index in [-0.39, 0.29) is 11.8 Å². The molecule has 2 aromatic carbocycles. The molecular weight excluding hydrogens is 434 g/mol. The molecule has 31 heavy (non-hydrogen) atoms. The van der Waals surface area contributed by atoms with Crippen LogP contribution >= 0.6 is 22.9 Å². The topological polar surface area (TPSA) is 71.5 Å². The van der Waals surface area contributed by atoms with Crippen molar-refractivity contribution in [3.63, 3.8) is 0 Å². The molecule has 0 aliphatic carbocycles. The Morgan fingerprint density at radius 1 is 1.23 bits per heavy atom. The van der Waals surface area contributed by atoms with Crippen LogP contribution in [0.25, 0.3) is 11.3 Å². The zero-order valence-electron chi connectivity index (χ0n) is 17.6. The number of rotatable bonds is 4. The van der Waals surface area contributed by atoms with Crippen molar-refractivity contribution in [2.24, 2.45) is 0 Å². The van der Waals surface area contributed by atoms with Crippen molar-refractivity contribution in [2.75, 3.05) is 10.2 Å². The van der Waals surface area contributed by atoms with Crippen molar-refractivity contribution in [2.45, 2.75) is 39.8 Å². The fourth-order valence-electron chi connectivity index (χ4n) is 3.60. The van der Waals surface area contributed by atoms with E-state index in [1.54, 1.807) is 49.4 Å². The van der Waals surface area contributed by atoms with Crippen molar-refractivity contribution < 1.29 is 14.3 Å². The molecule has 1 N–H and O–H groups in total. The maximum Gasteiger partial charge on any atom is 0.268 e. The monoisotopic (exact) mass is 455 g/mol. The Balaban J connectivity index is 1.69. The van der Waals surface area contributed by atoms with E-state index in [1.165, 1.54) is 4.90 Å². The number of carbonyl (C=O) groups excluding carboxylic acids is 2. The van der Waals surface area contributed by atoms with E-state index in [2.05, 4.69) is 10.3 Å². The Kier molecular flexibility index (Phi) is 5.73. The summed E-state index contributed by atoms with van der Waals surface area (Å²) in [5.41, 5.74) is 2.92. The summed E-state index contributed by atoms with van der Waals surface area (Å²) in [6, 6.07) is 11.7. The molecule has 1 aromatic heterocycles. The number of hydrogen-bond acceptors (Lipinski definition) is 5. The van der Waals surface area contributed by atoms with Crippen LogP contribution in [0, 0.1) is 13.8 Å². The van der Waals surface area contributed by atoms with Crippen LogP contribution in [0.1, 0.15) is 23.7 Å². The van der Waals surface area contributed by atoms with Gasteiger partial charge in [-0.2, -0.15) is 0 Å². The molecule has 2 atom stereocenters. The first-order valence-corrected chi connectivity index (χ1v) is 11.1. The Morgan fingerprint density at radius 3 is 2.58 bits per heavy atom. The largest absolute Gasteiger partial charge is 0.479 e. The molecule has 4 rings (SSSR count). The summed E-state index contributed by atoms with van der Waals surface area (Å²) in [5, 5.41) is 4.40. The van der Waals surface area contributed by atoms with Crippen molar-refractivity contribution in [3.05, 3.63) is 57.4 Å². The smallest absolute Gasteiger partial charge is 0.268 e. The van der Waals surface area contributed by atoms with Crippen LogP contribution < -0.4 is 15.0 Å². The highest BCUT2D eigenvalue weighted by Crippen LogP contribution is 2.39. The van der Waals surface area contributed by atoms with Crippen molar-refractivity contribution in [1.82, 2.24) is 4.98 Å². The molecule has 0 saturated carbocycles. The van der Waals surface area contributed by atoms with E-state index in [9.17, 15) is 9.59 Å². The second-order valence-electron chi connectivity index (χ2n) is 7.46. The van der Waals surface area contributed by atoms with Gasteiger partial charge in [-0.1, -0.05) is 11.6 Å². The average Bonchev–Trinajstić information content (AvgIpc) is 3.08. The first-order chi connectivity index (χ1) is 14.7. The van der Waals surface area contributed by atoms with Crippen LogP contribution in [0.5, 0.6) is 5.75 Å². The molecule has 1 aliphatic rings. The summed E-state index contributed by atoms with van der Waals surface area (Å²) in [6.45, 7) is 7.37. The lowest BCUT2D eigenvalue weighted by atomic mass is 10.1. The predicted octanol–water partition coefficient (Wildman–Crippen LogP) is 5.22. The molecule has 0 fully saturated rings. The third kappa shape index (κ3) is 4.16. The van der Waals surface area contributed by atoms with E-state index in [0.29, 0.717) is 22.1 Å². The quantitative estimate of drug-likeness (QED) is 0.585. The minimum atomic E-state index is -0.748. The lowest BCUT2D eigenvalue weighted by Gasteiger charge is -2.36. The van der Waals surface area contributed by atoms with Gasteiger partial charge in [0.15, 0.2) is 6.10 Å². The van der Waals surface area contributed by atoms with Gasteiger partial charge in [-0.05, 0) is 70.2 Å². The molecule has 3 aromatic rings. The number of anilines is 2. The molecule has 1 aliphatic heterocycles. The van der Waals surface area contributed by atoms with Crippen molar-refractivity contribution >= 4 is 46.1 Å². The molecule has 2 heterocycles. The molecule has 2 unspecified atom stereocenters. The Hall–Kier alpha value is -2.90. The van der Waals surface area contributed by atoms with Crippen molar-refractivity contribution in [1.29, 1.82) is 0 Å². The summed E-state index contributed by atoms with van der Waals surface area (Å²) in [6.07, 6.45) is -0.688. The van der Waals surface area contributed by atoms with Gasteiger partial charge in [0.05, 0.1) is 16.4 Å². The number of nitrogens with zero attached hydrogens (tertiary/aromatic N) is 2. The van der Waals surface area contributed by atoms with Gasteiger partial charge < -0.3 is 10.1 Å². The number of benzene rings is 2. The van der Waals surface area contributed by atoms with Gasteiger partial charge in [-0.25, -0.2) is 4.98 Å². The molecule has 0 radical (unpaired) electrons. The van der Waals surface area contributed by atoms with E-state index >= 15 is 0 Å². The zero-order chi connectivity index (χ0) is 22.3. The van der Waals surface area contributed by atoms with Crippen LogP contribution in [0.2, 0.25) is 5.02 Å². The van der Waals surface area contributed by atoms with E-state index in [1.807, 2.05) is 32.0 Å². The highest BCUT2D eigenvalue weighted by atomic mass is 35.5. The van der Waals surface area contributed by atoms with Crippen LogP contribution in [-0.4, -0.2) is 28.9 Å². The highest BCUT2D eigenvalue weighted by molar-refractivity contribution is 7.11. The Bertz CT molecular complexity index is 1160. The number of carbonyl (C=O) groups is 2. The normalized spacial score (nSPS) is 16.5. The molecule has 0 saturated heterocycles. The minimum Gasteiger partial charge on any atom is -0.479 e. The average molecular weight is 456 g/mol. The Morgan fingerprint density at radius 2 is 1.94 bits per heavy atom. The van der Waals surface area contributed by atoms with Gasteiger partial charge in [0.25, 0.3) is 5.91 Å². The summed E-state index contributed by atoms with van der Waals surface area (Å²) >= 11 is 7.54. The SMILES string of the molecule is Cc1nc(-c2ccc3c(c2)N(C(C)C(=O)Nc2ccc(Cl)cc2)C(=O)C(C)O3)c(C)s1. The predicted molar refractivity (Wildman–Crippen MR) is 124 cm³/mol. The fourth-order valence-corrected chi connectivity index (χ4v) is 4.57. The van der Waals surface area contributed by atoms with Gasteiger partial charge in [0.1, 0.15) is 11.8 Å². The second-order valence-corrected chi connectivity index (χ2v) is 9.30. The van der Waals surface area contributed by atoms with E-state index in [0.717, 1.165) is 21.1 Å². The molecule has 2 amide bonds. The fraction of sp³-hybridized carbons (Fsp3) is 0.261. The number of aromatic nitrogens is 1. The molecule has 160 valence electrons.